The molecule has 0 amide bonds. The lowest BCUT2D eigenvalue weighted by molar-refractivity contribution is -0.661. The minimum absolute atomic E-state index is 0.234. The van der Waals surface area contributed by atoms with Crippen molar-refractivity contribution in [3.63, 3.8) is 0 Å². The van der Waals surface area contributed by atoms with E-state index in [1.54, 1.807) is 0 Å². The van der Waals surface area contributed by atoms with E-state index in [-0.39, 0.29) is 6.10 Å². The van der Waals surface area contributed by atoms with Crippen molar-refractivity contribution in [2.45, 2.75) is 12.4 Å². The molecule has 0 spiro atoms. The van der Waals surface area contributed by atoms with E-state index in [1.807, 2.05) is 4.90 Å². The molecule has 2 atom stereocenters. The van der Waals surface area contributed by atoms with Crippen LogP contribution in [0.2, 0.25) is 0 Å². The summed E-state index contributed by atoms with van der Waals surface area (Å²) in [5, 5.41) is 11.1. The van der Waals surface area contributed by atoms with Gasteiger partial charge in [-0.3, -0.25) is 10.6 Å². The van der Waals surface area contributed by atoms with Gasteiger partial charge >= 0.3 is 0 Å². The van der Waals surface area contributed by atoms with Crippen LogP contribution in [-0.2, 0) is 4.74 Å². The first kappa shape index (κ1) is 8.67. The topological polar surface area (TPSA) is 88.2 Å². The number of ether oxygens (including phenoxy) is 1. The van der Waals surface area contributed by atoms with Gasteiger partial charge in [-0.25, -0.2) is 10.1 Å². The molecule has 2 heterocycles. The average molecular weight is 188 g/mol. The number of nitro groups is 1. The van der Waals surface area contributed by atoms with Gasteiger partial charge in [-0.1, -0.05) is 5.01 Å². The highest BCUT2D eigenvalue weighted by molar-refractivity contribution is 4.80. The predicted octanol–water partition coefficient (Wildman–Crippen LogP) is -1.56. The van der Waals surface area contributed by atoms with Gasteiger partial charge in [-0.15, -0.1) is 0 Å². The highest BCUT2D eigenvalue weighted by Gasteiger charge is 2.38. The molecule has 13 heavy (non-hydrogen) atoms. The second kappa shape index (κ2) is 3.09. The summed E-state index contributed by atoms with van der Waals surface area (Å²) in [4.78, 5) is 12.3. The molecule has 7 heteroatoms. The number of hydrogen-bond donors (Lipinski definition) is 1. The second-order valence-corrected chi connectivity index (χ2v) is 3.26. The minimum Gasteiger partial charge on any atom is -0.372 e. The fraction of sp³-hybridized carbons (Fsp3) is 1.00. The zero-order valence-electron chi connectivity index (χ0n) is 7.13. The Morgan fingerprint density at radius 1 is 1.62 bits per heavy atom. The third-order valence-electron chi connectivity index (χ3n) is 2.35. The Bertz CT molecular complexity index is 220. The third-order valence-corrected chi connectivity index (χ3v) is 2.35. The summed E-state index contributed by atoms with van der Waals surface area (Å²) < 4.78 is 5.03. The minimum atomic E-state index is -0.598. The molecule has 0 bridgehead atoms. The SMILES string of the molecule is NC1N(CC2CO2)CCN1[N+](=O)[O-]. The molecule has 74 valence electrons. The van der Waals surface area contributed by atoms with Crippen LogP contribution in [0.4, 0.5) is 0 Å². The van der Waals surface area contributed by atoms with Crippen LogP contribution < -0.4 is 5.73 Å². The maximum Gasteiger partial charge on any atom is 0.193 e. The van der Waals surface area contributed by atoms with E-state index >= 15 is 0 Å². The molecule has 2 rings (SSSR count). The second-order valence-electron chi connectivity index (χ2n) is 3.26. The van der Waals surface area contributed by atoms with Crippen molar-refractivity contribution in [3.8, 4) is 0 Å². The Balaban J connectivity index is 1.89. The molecule has 7 nitrogen and oxygen atoms in total. The van der Waals surface area contributed by atoms with Gasteiger partial charge in [-0.2, -0.15) is 0 Å². The summed E-state index contributed by atoms with van der Waals surface area (Å²) >= 11 is 0. The van der Waals surface area contributed by atoms with Crippen LogP contribution in [0.3, 0.4) is 0 Å². The Hall–Kier alpha value is -0.920. The van der Waals surface area contributed by atoms with Crippen LogP contribution in [0.5, 0.6) is 0 Å². The molecular formula is C6H12N4O3. The third kappa shape index (κ3) is 1.71. The summed E-state index contributed by atoms with van der Waals surface area (Å²) in [5.74, 6) is 0. The highest BCUT2D eigenvalue weighted by atomic mass is 16.7. The van der Waals surface area contributed by atoms with Gasteiger partial charge < -0.3 is 4.74 Å². The molecule has 2 fully saturated rings. The van der Waals surface area contributed by atoms with Gasteiger partial charge in [0.1, 0.15) is 0 Å². The number of epoxide rings is 1. The van der Waals surface area contributed by atoms with Crippen molar-refractivity contribution in [1.29, 1.82) is 0 Å². The molecule has 0 radical (unpaired) electrons. The molecule has 0 aromatic carbocycles. The molecule has 0 aliphatic carbocycles. The van der Waals surface area contributed by atoms with Crippen LogP contribution in [0.25, 0.3) is 0 Å². The Morgan fingerprint density at radius 2 is 2.31 bits per heavy atom. The molecule has 2 saturated heterocycles. The van der Waals surface area contributed by atoms with Gasteiger partial charge in [-0.05, 0) is 0 Å². The van der Waals surface area contributed by atoms with Gasteiger partial charge in [0.2, 0.25) is 0 Å². The lowest BCUT2D eigenvalue weighted by atomic mass is 10.4. The Kier molecular flexibility index (Phi) is 2.06. The van der Waals surface area contributed by atoms with Crippen molar-refractivity contribution in [3.05, 3.63) is 10.1 Å². The van der Waals surface area contributed by atoms with E-state index in [1.165, 1.54) is 0 Å². The van der Waals surface area contributed by atoms with Crippen LogP contribution in [0.1, 0.15) is 0 Å². The monoisotopic (exact) mass is 188 g/mol. The highest BCUT2D eigenvalue weighted by Crippen LogP contribution is 2.16. The van der Waals surface area contributed by atoms with Crippen molar-refractivity contribution < 1.29 is 9.77 Å². The van der Waals surface area contributed by atoms with Gasteiger partial charge in [0.15, 0.2) is 11.3 Å². The standard InChI is InChI=1S/C6H12N4O3/c7-6-8(3-5-4-13-5)1-2-9(6)10(11)12/h5-6H,1-4,7H2. The van der Waals surface area contributed by atoms with Gasteiger partial charge in [0, 0.05) is 13.1 Å². The quantitative estimate of drug-likeness (QED) is 0.327. The molecule has 2 N–H and O–H groups in total. The smallest absolute Gasteiger partial charge is 0.193 e. The number of hydrazine groups is 1. The van der Waals surface area contributed by atoms with Crippen LogP contribution in [-0.4, -0.2) is 53.6 Å². The fourth-order valence-corrected chi connectivity index (χ4v) is 1.50. The number of rotatable bonds is 3. The average Bonchev–Trinajstić information content (AvgIpc) is 2.78. The normalized spacial score (nSPS) is 33.8. The van der Waals surface area contributed by atoms with E-state index in [0.29, 0.717) is 19.6 Å². The first-order valence-corrected chi connectivity index (χ1v) is 4.20. The fourth-order valence-electron chi connectivity index (χ4n) is 1.50. The lowest BCUT2D eigenvalue weighted by Gasteiger charge is -2.20. The zero-order chi connectivity index (χ0) is 9.42. The Labute approximate surface area is 75.1 Å². The maximum absolute atomic E-state index is 10.5. The van der Waals surface area contributed by atoms with Crippen LogP contribution in [0.15, 0.2) is 0 Å². The van der Waals surface area contributed by atoms with Crippen LogP contribution >= 0.6 is 0 Å². The largest absolute Gasteiger partial charge is 0.372 e. The van der Waals surface area contributed by atoms with E-state index in [2.05, 4.69) is 0 Å². The molecule has 2 unspecified atom stereocenters. The molecular weight excluding hydrogens is 176 g/mol. The lowest BCUT2D eigenvalue weighted by Crippen LogP contribution is -2.49. The number of hydrogen-bond acceptors (Lipinski definition) is 5. The first-order valence-electron chi connectivity index (χ1n) is 4.20. The van der Waals surface area contributed by atoms with Gasteiger partial charge in [0.05, 0.1) is 19.3 Å². The van der Waals surface area contributed by atoms with Crippen molar-refractivity contribution in [2.75, 3.05) is 26.2 Å². The summed E-state index contributed by atoms with van der Waals surface area (Å²) in [6.45, 7) is 2.48. The molecule has 0 aromatic heterocycles. The number of nitrogens with zero attached hydrogens (tertiary/aromatic N) is 3. The maximum atomic E-state index is 10.5. The van der Waals surface area contributed by atoms with E-state index in [0.717, 1.165) is 11.6 Å². The van der Waals surface area contributed by atoms with E-state index in [9.17, 15) is 10.1 Å². The zero-order valence-corrected chi connectivity index (χ0v) is 7.13. The van der Waals surface area contributed by atoms with Gasteiger partial charge in [0.25, 0.3) is 0 Å². The predicted molar refractivity (Wildman–Crippen MR) is 43.0 cm³/mol. The Morgan fingerprint density at radius 3 is 2.77 bits per heavy atom. The number of nitrogens with two attached hydrogens (primary N) is 1. The molecule has 0 saturated carbocycles. The summed E-state index contributed by atoms with van der Waals surface area (Å²) in [6, 6.07) is 0. The molecule has 0 aromatic rings. The van der Waals surface area contributed by atoms with E-state index < -0.39 is 11.3 Å². The summed E-state index contributed by atoms with van der Waals surface area (Å²) in [5.41, 5.74) is 5.65. The van der Waals surface area contributed by atoms with E-state index in [4.69, 9.17) is 10.5 Å². The first-order chi connectivity index (χ1) is 6.18. The van der Waals surface area contributed by atoms with Crippen molar-refractivity contribution in [2.24, 2.45) is 5.73 Å². The van der Waals surface area contributed by atoms with Crippen LogP contribution in [0, 0.1) is 10.1 Å². The summed E-state index contributed by atoms with van der Waals surface area (Å²) in [7, 11) is 0. The molecule has 2 aliphatic rings. The molecule has 2 aliphatic heterocycles. The summed E-state index contributed by atoms with van der Waals surface area (Å²) in [6.07, 6.45) is -0.364. The van der Waals surface area contributed by atoms with Crippen molar-refractivity contribution >= 4 is 0 Å². The van der Waals surface area contributed by atoms with Crippen molar-refractivity contribution in [1.82, 2.24) is 9.91 Å².